The van der Waals surface area contributed by atoms with Gasteiger partial charge in [0.05, 0.1) is 59.2 Å². The van der Waals surface area contributed by atoms with Crippen molar-refractivity contribution in [2.75, 3.05) is 66.3 Å². The van der Waals surface area contributed by atoms with E-state index in [4.69, 9.17) is 14.2 Å². The van der Waals surface area contributed by atoms with Crippen LogP contribution in [0, 0.1) is 0 Å². The van der Waals surface area contributed by atoms with Crippen molar-refractivity contribution in [3.8, 4) is 0 Å². The number of piperidine rings is 1. The molecule has 24 heavy (non-hydrogen) atoms. The van der Waals surface area contributed by atoms with Gasteiger partial charge >= 0.3 is 0 Å². The molecule has 1 rings (SSSR count). The minimum Gasteiger partial charge on any atom is -0.550 e. The van der Waals surface area contributed by atoms with Crippen molar-refractivity contribution < 1.29 is 28.6 Å². The van der Waals surface area contributed by atoms with Crippen LogP contribution >= 0.6 is 0 Å². The summed E-state index contributed by atoms with van der Waals surface area (Å²) in [6, 6.07) is 0. The fourth-order valence-electron chi connectivity index (χ4n) is 2.70. The lowest BCUT2D eigenvalue weighted by Crippen LogP contribution is -2.51. The third-order valence-corrected chi connectivity index (χ3v) is 4.21. The number of nitrogens with zero attached hydrogens (tertiary/aromatic N) is 1. The largest absolute Gasteiger partial charge is 0.550 e. The highest BCUT2D eigenvalue weighted by Crippen LogP contribution is 2.17. The van der Waals surface area contributed by atoms with Gasteiger partial charge in [-0.15, -0.1) is 0 Å². The molecule has 0 saturated carbocycles. The van der Waals surface area contributed by atoms with Gasteiger partial charge in [0.2, 0.25) is 0 Å². The molecule has 0 bridgehead atoms. The van der Waals surface area contributed by atoms with Crippen molar-refractivity contribution >= 4 is 5.97 Å². The predicted molar refractivity (Wildman–Crippen MR) is 92.6 cm³/mol. The molecule has 0 aliphatic carbocycles. The highest BCUT2D eigenvalue weighted by atomic mass is 16.5. The highest BCUT2D eigenvalue weighted by Gasteiger charge is 2.25. The van der Waals surface area contributed by atoms with Gasteiger partial charge in [-0.2, -0.15) is 0 Å². The quantitative estimate of drug-likeness (QED) is 0.300. The number of quaternary nitrogens is 1. The monoisotopic (exact) mass is 345 g/mol. The second-order valence-corrected chi connectivity index (χ2v) is 5.98. The Hall–Kier alpha value is -0.950. The Labute approximate surface area is 147 Å². The summed E-state index contributed by atoms with van der Waals surface area (Å²) in [5.74, 6) is -1.10. The summed E-state index contributed by atoms with van der Waals surface area (Å²) in [4.78, 5) is 9.93. The van der Waals surface area contributed by atoms with E-state index >= 15 is 0 Å². The molecule has 1 fully saturated rings. The number of carbonyl (C=O) groups excluding carboxylic acids is 1. The first kappa shape index (κ1) is 23.1. The summed E-state index contributed by atoms with van der Waals surface area (Å²) in [5.41, 5.74) is 0. The van der Waals surface area contributed by atoms with Gasteiger partial charge in [0.25, 0.3) is 0 Å². The second kappa shape index (κ2) is 15.6. The van der Waals surface area contributed by atoms with Crippen LogP contribution in [0.25, 0.3) is 0 Å². The molecular formula is C18H35NO5. The van der Waals surface area contributed by atoms with Gasteiger partial charge in [0, 0.05) is 19.5 Å². The third kappa shape index (κ3) is 12.5. The fourth-order valence-corrected chi connectivity index (χ4v) is 2.70. The van der Waals surface area contributed by atoms with Gasteiger partial charge in [-0.1, -0.05) is 6.58 Å². The van der Waals surface area contributed by atoms with Gasteiger partial charge in [0.1, 0.15) is 0 Å². The Kier molecular flexibility index (Phi) is 15.0. The number of rotatable bonds is 12. The SMILES string of the molecule is C=CC[N+]1(CC)CCCCC1.COCCOCCOCCC(=O)[O-]. The van der Waals surface area contributed by atoms with E-state index in [1.165, 1.54) is 49.9 Å². The van der Waals surface area contributed by atoms with Gasteiger partial charge in [-0.05, 0) is 32.3 Å². The predicted octanol–water partition coefficient (Wildman–Crippen LogP) is 0.999. The third-order valence-electron chi connectivity index (χ3n) is 4.21. The maximum Gasteiger partial charge on any atom is 0.0971 e. The molecule has 0 spiro atoms. The van der Waals surface area contributed by atoms with Crippen molar-refractivity contribution in [2.45, 2.75) is 32.6 Å². The number of hydrogen-bond donors (Lipinski definition) is 0. The Bertz CT molecular complexity index is 317. The molecule has 0 aromatic carbocycles. The highest BCUT2D eigenvalue weighted by molar-refractivity contribution is 5.64. The van der Waals surface area contributed by atoms with Gasteiger partial charge in [0.15, 0.2) is 0 Å². The van der Waals surface area contributed by atoms with Crippen LogP contribution < -0.4 is 5.11 Å². The lowest BCUT2D eigenvalue weighted by atomic mass is 10.1. The summed E-state index contributed by atoms with van der Waals surface area (Å²) in [5, 5.41) is 9.93. The molecule has 6 nitrogen and oxygen atoms in total. The molecule has 0 radical (unpaired) electrons. The van der Waals surface area contributed by atoms with E-state index in [2.05, 4.69) is 19.6 Å². The molecule has 142 valence electrons. The van der Waals surface area contributed by atoms with Crippen molar-refractivity contribution in [3.63, 3.8) is 0 Å². The van der Waals surface area contributed by atoms with E-state index in [9.17, 15) is 9.90 Å². The molecule has 1 aliphatic rings. The van der Waals surface area contributed by atoms with Crippen LogP contribution in [0.2, 0.25) is 0 Å². The first-order valence-corrected chi connectivity index (χ1v) is 8.90. The molecule has 0 unspecified atom stereocenters. The summed E-state index contributed by atoms with van der Waals surface area (Å²) in [6.07, 6.45) is 6.29. The Morgan fingerprint density at radius 2 is 1.67 bits per heavy atom. The molecular weight excluding hydrogens is 310 g/mol. The molecule has 1 heterocycles. The normalized spacial score (nSPS) is 16.1. The maximum absolute atomic E-state index is 9.93. The molecule has 1 aliphatic heterocycles. The van der Waals surface area contributed by atoms with Crippen molar-refractivity contribution in [2.24, 2.45) is 0 Å². The number of carboxylic acid groups (broad SMARTS) is 1. The summed E-state index contributed by atoms with van der Waals surface area (Å²) in [6.45, 7) is 13.5. The number of carbonyl (C=O) groups is 1. The first-order valence-electron chi connectivity index (χ1n) is 8.90. The molecule has 0 N–H and O–H groups in total. The molecule has 0 aromatic rings. The number of methoxy groups -OCH3 is 1. The maximum atomic E-state index is 9.93. The Morgan fingerprint density at radius 3 is 2.17 bits per heavy atom. The van der Waals surface area contributed by atoms with E-state index in [0.29, 0.717) is 26.4 Å². The number of likely N-dealkylation sites (tertiary alicyclic amines) is 1. The van der Waals surface area contributed by atoms with Crippen LogP contribution in [0.3, 0.4) is 0 Å². The number of ether oxygens (including phenoxy) is 3. The molecule has 1 saturated heterocycles. The van der Waals surface area contributed by atoms with E-state index in [1.54, 1.807) is 7.11 Å². The molecule has 0 amide bonds. The minimum atomic E-state index is -1.10. The summed E-state index contributed by atoms with van der Waals surface area (Å²) < 4.78 is 16.1. The van der Waals surface area contributed by atoms with Gasteiger partial charge < -0.3 is 28.6 Å². The topological polar surface area (TPSA) is 67.8 Å². The van der Waals surface area contributed by atoms with Crippen LogP contribution in [-0.4, -0.2) is 76.8 Å². The summed E-state index contributed by atoms with van der Waals surface area (Å²) >= 11 is 0. The Balaban J connectivity index is 0.000000446. The van der Waals surface area contributed by atoms with Crippen LogP contribution in [0.4, 0.5) is 0 Å². The van der Waals surface area contributed by atoms with Crippen LogP contribution in [0.1, 0.15) is 32.6 Å². The van der Waals surface area contributed by atoms with Crippen molar-refractivity contribution in [3.05, 3.63) is 12.7 Å². The molecule has 0 aromatic heterocycles. The van der Waals surface area contributed by atoms with Gasteiger partial charge in [-0.3, -0.25) is 0 Å². The van der Waals surface area contributed by atoms with Crippen molar-refractivity contribution in [1.29, 1.82) is 0 Å². The summed E-state index contributed by atoms with van der Waals surface area (Å²) in [7, 11) is 1.60. The van der Waals surface area contributed by atoms with E-state index < -0.39 is 5.97 Å². The number of aliphatic carboxylic acids is 1. The number of hydrogen-bond acceptors (Lipinski definition) is 5. The van der Waals surface area contributed by atoms with Crippen LogP contribution in [-0.2, 0) is 19.0 Å². The van der Waals surface area contributed by atoms with Crippen molar-refractivity contribution in [1.82, 2.24) is 0 Å². The minimum absolute atomic E-state index is 0.0714. The van der Waals surface area contributed by atoms with Crippen LogP contribution in [0.5, 0.6) is 0 Å². The standard InChI is InChI=1S/C10H20N.C8H16O5/c1-3-8-11(4-2)9-6-5-7-10-11;1-11-4-5-13-7-6-12-3-2-8(9)10/h3H,1,4-10H2,2H3;2-7H2,1H3,(H,9,10)/q+1;/p-1. The van der Waals surface area contributed by atoms with Gasteiger partial charge in [-0.25, -0.2) is 0 Å². The smallest absolute Gasteiger partial charge is 0.0971 e. The first-order chi connectivity index (χ1) is 11.6. The zero-order chi connectivity index (χ0) is 18.1. The lowest BCUT2D eigenvalue weighted by Gasteiger charge is -2.39. The average molecular weight is 345 g/mol. The number of carboxylic acids is 1. The average Bonchev–Trinajstić information content (AvgIpc) is 2.59. The lowest BCUT2D eigenvalue weighted by molar-refractivity contribution is -0.925. The zero-order valence-electron chi connectivity index (χ0n) is 15.5. The Morgan fingerprint density at radius 1 is 1.08 bits per heavy atom. The fraction of sp³-hybridized carbons (Fsp3) is 0.833. The number of likely N-dealkylation sites (N-methyl/N-ethyl adjacent to an activating group) is 1. The second-order valence-electron chi connectivity index (χ2n) is 5.98. The zero-order valence-corrected chi connectivity index (χ0v) is 15.5. The molecule has 6 heteroatoms. The van der Waals surface area contributed by atoms with E-state index in [-0.39, 0.29) is 13.0 Å². The van der Waals surface area contributed by atoms with E-state index in [0.717, 1.165) is 0 Å². The van der Waals surface area contributed by atoms with Crippen LogP contribution in [0.15, 0.2) is 12.7 Å². The van der Waals surface area contributed by atoms with E-state index in [1.807, 2.05) is 0 Å². The molecule has 0 atom stereocenters.